The zero-order valence-electron chi connectivity index (χ0n) is 8.82. The van der Waals surface area contributed by atoms with Crippen molar-refractivity contribution in [3.63, 3.8) is 0 Å². The third-order valence-corrected chi connectivity index (χ3v) is 2.05. The van der Waals surface area contributed by atoms with Crippen LogP contribution in [0.25, 0.3) is 0 Å². The van der Waals surface area contributed by atoms with Crippen LogP contribution in [0, 0.1) is 0 Å². The molecule has 16 heavy (non-hydrogen) atoms. The number of halogens is 2. The average Bonchev–Trinajstić information content (AvgIpc) is 2.30. The minimum absolute atomic E-state index is 0.547. The van der Waals surface area contributed by atoms with Crippen LogP contribution >= 0.6 is 0 Å². The lowest BCUT2D eigenvalue weighted by molar-refractivity contribution is -0.143. The molecule has 1 atom stereocenters. The topological polar surface area (TPSA) is 38.3 Å². The van der Waals surface area contributed by atoms with Crippen molar-refractivity contribution < 1.29 is 18.3 Å². The molecular weight excluding hydrogens is 216 g/mol. The summed E-state index contributed by atoms with van der Waals surface area (Å²) in [6, 6.07) is 7.76. The average molecular weight is 229 g/mol. The largest absolute Gasteiger partial charge is 0.468 e. The summed E-state index contributed by atoms with van der Waals surface area (Å²) < 4.78 is 28.7. The molecule has 0 aliphatic carbocycles. The number of hydrogen-bond acceptors (Lipinski definition) is 3. The van der Waals surface area contributed by atoms with E-state index in [0.717, 1.165) is 0 Å². The van der Waals surface area contributed by atoms with Crippen LogP contribution in [0.4, 0.5) is 8.78 Å². The van der Waals surface area contributed by atoms with Crippen LogP contribution in [0.15, 0.2) is 30.3 Å². The van der Waals surface area contributed by atoms with Gasteiger partial charge in [-0.05, 0) is 5.56 Å². The van der Waals surface area contributed by atoms with Gasteiger partial charge >= 0.3 is 5.97 Å². The number of methoxy groups -OCH3 is 1. The maximum atomic E-state index is 12.1. The van der Waals surface area contributed by atoms with Crippen molar-refractivity contribution in [3.8, 4) is 0 Å². The first-order chi connectivity index (χ1) is 7.65. The van der Waals surface area contributed by atoms with Crippen molar-refractivity contribution in [1.82, 2.24) is 5.32 Å². The van der Waals surface area contributed by atoms with Gasteiger partial charge in [0.05, 0.1) is 13.7 Å². The van der Waals surface area contributed by atoms with E-state index in [1.54, 1.807) is 30.3 Å². The number of rotatable bonds is 5. The maximum absolute atomic E-state index is 12.1. The quantitative estimate of drug-likeness (QED) is 0.782. The molecule has 0 fully saturated rings. The van der Waals surface area contributed by atoms with Gasteiger partial charge in [-0.3, -0.25) is 5.32 Å². The number of alkyl halides is 2. The molecular formula is C11H13F2NO2. The van der Waals surface area contributed by atoms with Crippen molar-refractivity contribution in [1.29, 1.82) is 0 Å². The number of benzene rings is 1. The highest BCUT2D eigenvalue weighted by Crippen LogP contribution is 2.14. The molecule has 1 aromatic carbocycles. The summed E-state index contributed by atoms with van der Waals surface area (Å²) in [5.41, 5.74) is 0.606. The first-order valence-corrected chi connectivity index (χ1v) is 4.79. The standard InChI is InChI=1S/C11H13F2NO2/c1-16-11(15)10(14-7-9(12)13)8-5-3-2-4-6-8/h2-6,9-10,14H,7H2,1H3. The number of ether oxygens (including phenoxy) is 1. The summed E-state index contributed by atoms with van der Waals surface area (Å²) in [6.07, 6.45) is -2.50. The molecule has 1 unspecified atom stereocenters. The molecule has 0 amide bonds. The van der Waals surface area contributed by atoms with Crippen molar-refractivity contribution in [2.75, 3.05) is 13.7 Å². The van der Waals surface area contributed by atoms with E-state index in [1.807, 2.05) is 0 Å². The van der Waals surface area contributed by atoms with Crippen molar-refractivity contribution in [2.45, 2.75) is 12.5 Å². The number of nitrogens with one attached hydrogen (secondary N) is 1. The van der Waals surface area contributed by atoms with Crippen molar-refractivity contribution in [3.05, 3.63) is 35.9 Å². The SMILES string of the molecule is COC(=O)C(NCC(F)F)c1ccccc1. The van der Waals surface area contributed by atoms with E-state index < -0.39 is 25.0 Å². The summed E-state index contributed by atoms with van der Waals surface area (Å²) in [5.74, 6) is -0.577. The van der Waals surface area contributed by atoms with Crippen LogP contribution in [-0.2, 0) is 9.53 Å². The molecule has 1 N–H and O–H groups in total. The van der Waals surface area contributed by atoms with E-state index >= 15 is 0 Å². The summed E-state index contributed by atoms with van der Waals surface area (Å²) in [6.45, 7) is -0.547. The van der Waals surface area contributed by atoms with Crippen molar-refractivity contribution >= 4 is 5.97 Å². The van der Waals surface area contributed by atoms with E-state index in [1.165, 1.54) is 7.11 Å². The molecule has 0 aromatic heterocycles. The molecule has 0 saturated heterocycles. The van der Waals surface area contributed by atoms with Crippen LogP contribution in [0.3, 0.4) is 0 Å². The predicted molar refractivity (Wildman–Crippen MR) is 55.2 cm³/mol. The first-order valence-electron chi connectivity index (χ1n) is 4.79. The van der Waals surface area contributed by atoms with Crippen LogP contribution in [0.1, 0.15) is 11.6 Å². The Hall–Kier alpha value is -1.49. The fourth-order valence-corrected chi connectivity index (χ4v) is 1.31. The Morgan fingerprint density at radius 1 is 1.38 bits per heavy atom. The lowest BCUT2D eigenvalue weighted by Crippen LogP contribution is -2.32. The van der Waals surface area contributed by atoms with E-state index in [9.17, 15) is 13.6 Å². The molecule has 0 bridgehead atoms. The highest BCUT2D eigenvalue weighted by molar-refractivity contribution is 5.77. The second-order valence-corrected chi connectivity index (χ2v) is 3.17. The van der Waals surface area contributed by atoms with Gasteiger partial charge in [-0.2, -0.15) is 0 Å². The lowest BCUT2D eigenvalue weighted by atomic mass is 10.1. The van der Waals surface area contributed by atoms with Crippen molar-refractivity contribution in [2.24, 2.45) is 0 Å². The molecule has 3 nitrogen and oxygen atoms in total. The smallest absolute Gasteiger partial charge is 0.327 e. The summed E-state index contributed by atoms with van der Waals surface area (Å²) >= 11 is 0. The van der Waals surface area contributed by atoms with Gasteiger partial charge in [0.1, 0.15) is 6.04 Å². The van der Waals surface area contributed by atoms with Gasteiger partial charge < -0.3 is 4.74 Å². The molecule has 0 spiro atoms. The number of hydrogen-bond donors (Lipinski definition) is 1. The first kappa shape index (κ1) is 12.6. The van der Waals surface area contributed by atoms with E-state index in [4.69, 9.17) is 0 Å². The van der Waals surface area contributed by atoms with Gasteiger partial charge in [0.2, 0.25) is 0 Å². The Labute approximate surface area is 92.4 Å². The van der Waals surface area contributed by atoms with Crippen LogP contribution < -0.4 is 5.32 Å². The van der Waals surface area contributed by atoms with Gasteiger partial charge in [-0.1, -0.05) is 30.3 Å². The second kappa shape index (κ2) is 6.17. The van der Waals surface area contributed by atoms with Gasteiger partial charge in [-0.25, -0.2) is 13.6 Å². The third-order valence-electron chi connectivity index (χ3n) is 2.05. The normalized spacial score (nSPS) is 12.5. The molecule has 0 saturated carbocycles. The maximum Gasteiger partial charge on any atom is 0.327 e. The number of carbonyl (C=O) groups is 1. The summed E-state index contributed by atoms with van der Waals surface area (Å²) in [5, 5.41) is 2.46. The highest BCUT2D eigenvalue weighted by Gasteiger charge is 2.21. The van der Waals surface area contributed by atoms with Gasteiger partial charge in [0.15, 0.2) is 0 Å². The van der Waals surface area contributed by atoms with Crippen LogP contribution in [-0.4, -0.2) is 26.0 Å². The fourth-order valence-electron chi connectivity index (χ4n) is 1.31. The summed E-state index contributed by atoms with van der Waals surface area (Å²) in [7, 11) is 1.22. The summed E-state index contributed by atoms with van der Waals surface area (Å²) in [4.78, 5) is 11.4. The molecule has 0 radical (unpaired) electrons. The Kier molecular flexibility index (Phi) is 4.85. The number of esters is 1. The minimum atomic E-state index is -2.50. The molecule has 0 aliphatic heterocycles. The zero-order valence-corrected chi connectivity index (χ0v) is 8.82. The Morgan fingerprint density at radius 3 is 2.50 bits per heavy atom. The van der Waals surface area contributed by atoms with E-state index in [-0.39, 0.29) is 0 Å². The highest BCUT2D eigenvalue weighted by atomic mass is 19.3. The van der Waals surface area contributed by atoms with Gasteiger partial charge in [-0.15, -0.1) is 0 Å². The second-order valence-electron chi connectivity index (χ2n) is 3.17. The van der Waals surface area contributed by atoms with Gasteiger partial charge in [0, 0.05) is 0 Å². The third kappa shape index (κ3) is 3.58. The van der Waals surface area contributed by atoms with Gasteiger partial charge in [0.25, 0.3) is 6.43 Å². The zero-order chi connectivity index (χ0) is 12.0. The molecule has 1 rings (SSSR count). The molecule has 0 aliphatic rings. The van der Waals surface area contributed by atoms with E-state index in [0.29, 0.717) is 5.56 Å². The monoisotopic (exact) mass is 229 g/mol. The molecule has 1 aromatic rings. The Bertz CT molecular complexity index is 330. The van der Waals surface area contributed by atoms with Crippen LogP contribution in [0.2, 0.25) is 0 Å². The Morgan fingerprint density at radius 2 is 2.00 bits per heavy atom. The lowest BCUT2D eigenvalue weighted by Gasteiger charge is -2.16. The molecule has 5 heteroatoms. The van der Waals surface area contributed by atoms with E-state index in [2.05, 4.69) is 10.1 Å². The molecule has 0 heterocycles. The fraction of sp³-hybridized carbons (Fsp3) is 0.364. The number of carbonyl (C=O) groups excluding carboxylic acids is 1. The minimum Gasteiger partial charge on any atom is -0.468 e. The molecule has 88 valence electrons. The Balaban J connectivity index is 2.76. The van der Waals surface area contributed by atoms with Crippen LogP contribution in [0.5, 0.6) is 0 Å². The predicted octanol–water partition coefficient (Wildman–Crippen LogP) is 1.76.